The van der Waals surface area contributed by atoms with Crippen molar-refractivity contribution in [1.29, 1.82) is 0 Å². The molecule has 5 heteroatoms. The Kier molecular flexibility index (Phi) is 6.52. The molecule has 4 atom stereocenters. The molecule has 2 aromatic carbocycles. The first kappa shape index (κ1) is 18.7. The second kappa shape index (κ2) is 9.05. The van der Waals surface area contributed by atoms with Crippen LogP contribution in [0.4, 0.5) is 4.39 Å². The molecule has 3 rings (SSSR count). The van der Waals surface area contributed by atoms with Gasteiger partial charge in [0.2, 0.25) is 0 Å². The third-order valence-electron chi connectivity index (χ3n) is 4.59. The van der Waals surface area contributed by atoms with E-state index in [9.17, 15) is 9.60 Å². The summed E-state index contributed by atoms with van der Waals surface area (Å²) in [5.74, 6) is 0. The Bertz CT molecular complexity index is 682. The molecule has 0 saturated carbocycles. The van der Waals surface area contributed by atoms with E-state index in [2.05, 4.69) is 6.58 Å². The fourth-order valence-electron chi connectivity index (χ4n) is 3.16. The van der Waals surface area contributed by atoms with Crippen molar-refractivity contribution in [3.8, 4) is 0 Å². The van der Waals surface area contributed by atoms with Crippen LogP contribution in [0.25, 0.3) is 0 Å². The molecule has 1 saturated heterocycles. The van der Waals surface area contributed by atoms with Crippen molar-refractivity contribution in [2.24, 2.45) is 0 Å². The molecule has 26 heavy (non-hydrogen) atoms. The van der Waals surface area contributed by atoms with Gasteiger partial charge in [0.15, 0.2) is 0 Å². The van der Waals surface area contributed by atoms with E-state index in [1.54, 1.807) is 0 Å². The summed E-state index contributed by atoms with van der Waals surface area (Å²) in [7, 11) is 0. The Morgan fingerprint density at radius 2 is 1.58 bits per heavy atom. The average Bonchev–Trinajstić information content (AvgIpc) is 2.91. The summed E-state index contributed by atoms with van der Waals surface area (Å²) in [6, 6.07) is 17.8. The molecule has 0 aliphatic carbocycles. The van der Waals surface area contributed by atoms with Gasteiger partial charge in [-0.2, -0.15) is 5.06 Å². The summed E-state index contributed by atoms with van der Waals surface area (Å²) >= 11 is 0. The number of ether oxygens (including phenoxy) is 2. The summed E-state index contributed by atoms with van der Waals surface area (Å²) in [5.41, 5.74) is 1.96. The summed E-state index contributed by atoms with van der Waals surface area (Å²) in [6.45, 7) is 4.42. The molecule has 0 amide bonds. The molecule has 1 N–H and O–H groups in total. The molecule has 1 aliphatic heterocycles. The molecule has 0 unspecified atom stereocenters. The average molecular weight is 357 g/mol. The van der Waals surface area contributed by atoms with Gasteiger partial charge in [-0.25, -0.2) is 4.39 Å². The number of nitrogens with zero attached hydrogens (tertiary/aromatic N) is 1. The number of hydrogen-bond acceptors (Lipinski definition) is 4. The first-order valence-electron chi connectivity index (χ1n) is 8.71. The highest BCUT2D eigenvalue weighted by Crippen LogP contribution is 2.30. The third kappa shape index (κ3) is 4.37. The van der Waals surface area contributed by atoms with E-state index in [0.29, 0.717) is 6.61 Å². The fraction of sp³-hybridized carbons (Fsp3) is 0.333. The zero-order valence-corrected chi connectivity index (χ0v) is 14.6. The molecule has 138 valence electrons. The molecular weight excluding hydrogens is 333 g/mol. The molecule has 2 aromatic rings. The Morgan fingerprint density at radius 3 is 2.15 bits per heavy atom. The van der Waals surface area contributed by atoms with E-state index in [1.807, 2.05) is 60.7 Å². The highest BCUT2D eigenvalue weighted by Gasteiger charge is 2.49. The van der Waals surface area contributed by atoms with Crippen LogP contribution in [-0.4, -0.2) is 41.2 Å². The summed E-state index contributed by atoms with van der Waals surface area (Å²) in [5, 5.41) is 11.3. The number of halogens is 1. The Labute approximate surface area is 153 Å². The van der Waals surface area contributed by atoms with E-state index in [4.69, 9.17) is 9.47 Å². The van der Waals surface area contributed by atoms with Gasteiger partial charge in [0.05, 0.1) is 31.9 Å². The number of hydrogen-bond donors (Lipinski definition) is 1. The van der Waals surface area contributed by atoms with E-state index in [-0.39, 0.29) is 13.2 Å². The Morgan fingerprint density at radius 1 is 1.00 bits per heavy atom. The molecule has 1 fully saturated rings. The summed E-state index contributed by atoms with van der Waals surface area (Å²) in [6.07, 6.45) is -0.648. The first-order chi connectivity index (χ1) is 12.7. The molecule has 0 bridgehead atoms. The van der Waals surface area contributed by atoms with Crippen molar-refractivity contribution in [2.75, 3.05) is 6.61 Å². The standard InChI is InChI=1S/C21H24FNO3/c1-2-18-21(26-14-17-11-7-4-8-12-17)20(22)19(23(18)24)15-25-13-16-9-5-3-6-10-16/h2-12,18-21,24H,1,13-15H2/t18-,19-,20-,21-/m0/s1. The molecule has 0 aromatic heterocycles. The van der Waals surface area contributed by atoms with Crippen molar-refractivity contribution >= 4 is 0 Å². The van der Waals surface area contributed by atoms with Gasteiger partial charge >= 0.3 is 0 Å². The van der Waals surface area contributed by atoms with Gasteiger partial charge < -0.3 is 14.7 Å². The van der Waals surface area contributed by atoms with Gasteiger partial charge in [0, 0.05) is 0 Å². The quantitative estimate of drug-likeness (QED) is 0.731. The van der Waals surface area contributed by atoms with Crippen molar-refractivity contribution in [3.63, 3.8) is 0 Å². The minimum atomic E-state index is -1.37. The minimum Gasteiger partial charge on any atom is -0.375 e. The minimum absolute atomic E-state index is 0.0715. The van der Waals surface area contributed by atoms with Crippen LogP contribution >= 0.6 is 0 Å². The Hall–Kier alpha value is -2.05. The normalized spacial score (nSPS) is 26.1. The lowest BCUT2D eigenvalue weighted by Crippen LogP contribution is -2.38. The zero-order chi connectivity index (χ0) is 18.4. The monoisotopic (exact) mass is 357 g/mol. The molecular formula is C21H24FNO3. The number of rotatable bonds is 8. The maximum absolute atomic E-state index is 14.9. The van der Waals surface area contributed by atoms with Crippen LogP contribution in [0.5, 0.6) is 0 Å². The molecule has 1 heterocycles. The second-order valence-corrected chi connectivity index (χ2v) is 6.38. The summed E-state index contributed by atoms with van der Waals surface area (Å²) in [4.78, 5) is 0. The summed E-state index contributed by atoms with van der Waals surface area (Å²) < 4.78 is 26.3. The highest BCUT2D eigenvalue weighted by atomic mass is 19.1. The van der Waals surface area contributed by atoms with E-state index < -0.39 is 24.4 Å². The van der Waals surface area contributed by atoms with E-state index in [0.717, 1.165) is 16.2 Å². The smallest absolute Gasteiger partial charge is 0.148 e. The fourth-order valence-corrected chi connectivity index (χ4v) is 3.16. The Balaban J connectivity index is 1.57. The van der Waals surface area contributed by atoms with Crippen LogP contribution in [0.1, 0.15) is 11.1 Å². The highest BCUT2D eigenvalue weighted by molar-refractivity contribution is 5.15. The lowest BCUT2D eigenvalue weighted by atomic mass is 10.1. The van der Waals surface area contributed by atoms with E-state index in [1.165, 1.54) is 6.08 Å². The molecule has 0 radical (unpaired) electrons. The molecule has 4 nitrogen and oxygen atoms in total. The second-order valence-electron chi connectivity index (χ2n) is 6.38. The van der Waals surface area contributed by atoms with Gasteiger partial charge in [-0.1, -0.05) is 66.7 Å². The van der Waals surface area contributed by atoms with Crippen LogP contribution in [-0.2, 0) is 22.7 Å². The van der Waals surface area contributed by atoms with Gasteiger partial charge in [-0.05, 0) is 11.1 Å². The van der Waals surface area contributed by atoms with Crippen LogP contribution in [0, 0.1) is 0 Å². The molecule has 1 aliphatic rings. The van der Waals surface area contributed by atoms with Gasteiger partial charge in [0.25, 0.3) is 0 Å². The molecule has 0 spiro atoms. The van der Waals surface area contributed by atoms with Crippen LogP contribution < -0.4 is 0 Å². The van der Waals surface area contributed by atoms with Gasteiger partial charge in [-0.15, -0.1) is 6.58 Å². The zero-order valence-electron chi connectivity index (χ0n) is 14.6. The maximum Gasteiger partial charge on any atom is 0.148 e. The predicted molar refractivity (Wildman–Crippen MR) is 97.4 cm³/mol. The predicted octanol–water partition coefficient (Wildman–Crippen LogP) is 3.75. The first-order valence-corrected chi connectivity index (χ1v) is 8.71. The SMILES string of the molecule is C=C[C@H]1[C@H](OCc2ccccc2)[C@@H](F)[C@H](COCc2ccccc2)N1O. The number of alkyl halides is 1. The van der Waals surface area contributed by atoms with E-state index >= 15 is 0 Å². The van der Waals surface area contributed by atoms with Crippen molar-refractivity contribution in [3.05, 3.63) is 84.4 Å². The van der Waals surface area contributed by atoms with Crippen LogP contribution in [0.2, 0.25) is 0 Å². The number of benzene rings is 2. The van der Waals surface area contributed by atoms with Gasteiger partial charge in [-0.3, -0.25) is 0 Å². The number of hydroxylamine groups is 2. The maximum atomic E-state index is 14.9. The van der Waals surface area contributed by atoms with Crippen molar-refractivity contribution < 1.29 is 19.1 Å². The van der Waals surface area contributed by atoms with Gasteiger partial charge in [0.1, 0.15) is 12.3 Å². The lowest BCUT2D eigenvalue weighted by Gasteiger charge is -2.22. The third-order valence-corrected chi connectivity index (χ3v) is 4.59. The largest absolute Gasteiger partial charge is 0.375 e. The van der Waals surface area contributed by atoms with Crippen LogP contribution in [0.15, 0.2) is 73.3 Å². The van der Waals surface area contributed by atoms with Crippen molar-refractivity contribution in [2.45, 2.75) is 37.6 Å². The lowest BCUT2D eigenvalue weighted by molar-refractivity contribution is -0.149. The van der Waals surface area contributed by atoms with Crippen molar-refractivity contribution in [1.82, 2.24) is 5.06 Å². The topological polar surface area (TPSA) is 41.9 Å². The van der Waals surface area contributed by atoms with Crippen LogP contribution in [0.3, 0.4) is 0 Å².